The Bertz CT molecular complexity index is 236. The summed E-state index contributed by atoms with van der Waals surface area (Å²) in [7, 11) is 0. The van der Waals surface area contributed by atoms with Gasteiger partial charge < -0.3 is 24.8 Å². The molecular weight excluding hydrogens is 228 g/mol. The van der Waals surface area contributed by atoms with E-state index in [0.29, 0.717) is 6.42 Å². The molecule has 6 nitrogen and oxygen atoms in total. The third-order valence-corrected chi connectivity index (χ3v) is 2.23. The van der Waals surface area contributed by atoms with Crippen LogP contribution in [0.25, 0.3) is 0 Å². The summed E-state index contributed by atoms with van der Waals surface area (Å²) in [5.41, 5.74) is -1.22. The first-order valence-electron chi connectivity index (χ1n) is 5.37. The molecule has 6 heteroatoms. The van der Waals surface area contributed by atoms with Crippen molar-refractivity contribution in [2.75, 3.05) is 19.8 Å². The zero-order valence-corrected chi connectivity index (χ0v) is 9.96. The van der Waals surface area contributed by atoms with Crippen molar-refractivity contribution in [1.29, 1.82) is 0 Å². The van der Waals surface area contributed by atoms with E-state index in [4.69, 9.17) is 14.6 Å². The summed E-state index contributed by atoms with van der Waals surface area (Å²) in [5.74, 6) is -0.649. The lowest BCUT2D eigenvalue weighted by Crippen LogP contribution is -2.44. The van der Waals surface area contributed by atoms with Gasteiger partial charge >= 0.3 is 5.97 Å². The van der Waals surface area contributed by atoms with E-state index >= 15 is 0 Å². The number of ether oxygens (including phenoxy) is 2. The van der Waals surface area contributed by atoms with Gasteiger partial charge in [0, 0.05) is 12.7 Å². The van der Waals surface area contributed by atoms with E-state index in [1.165, 1.54) is 6.92 Å². The fourth-order valence-corrected chi connectivity index (χ4v) is 1.33. The molecule has 0 heterocycles. The minimum absolute atomic E-state index is 0.0774. The van der Waals surface area contributed by atoms with Crippen molar-refractivity contribution >= 4 is 5.97 Å². The average Bonchev–Trinajstić information content (AvgIpc) is 2.34. The maximum Gasteiger partial charge on any atom is 0.332 e. The molecule has 0 saturated heterocycles. The number of carbonyl (C=O) groups excluding carboxylic acids is 1. The number of carbonyl (C=O) groups is 1. The lowest BCUT2D eigenvalue weighted by Gasteiger charge is -2.32. The molecule has 0 spiro atoms. The van der Waals surface area contributed by atoms with E-state index in [2.05, 4.69) is 6.58 Å². The molecule has 0 rings (SSSR count). The van der Waals surface area contributed by atoms with Crippen LogP contribution < -0.4 is 0 Å². The second kappa shape index (κ2) is 8.19. The first-order chi connectivity index (χ1) is 8.03. The average molecular weight is 248 g/mol. The second-order valence-corrected chi connectivity index (χ2v) is 3.65. The van der Waals surface area contributed by atoms with E-state index in [9.17, 15) is 15.0 Å². The van der Waals surface area contributed by atoms with Gasteiger partial charge in [0.05, 0.1) is 13.2 Å². The highest BCUT2D eigenvalue weighted by molar-refractivity contribution is 5.81. The maximum atomic E-state index is 10.9. The molecule has 0 aliphatic carbocycles. The molecule has 0 aliphatic rings. The summed E-state index contributed by atoms with van der Waals surface area (Å²) in [6.45, 7) is 3.77. The molecule has 17 heavy (non-hydrogen) atoms. The second-order valence-electron chi connectivity index (χ2n) is 3.65. The zero-order chi connectivity index (χ0) is 13.3. The van der Waals surface area contributed by atoms with Crippen LogP contribution in [0.2, 0.25) is 0 Å². The van der Waals surface area contributed by atoms with E-state index in [1.807, 2.05) is 0 Å². The Hall–Kier alpha value is -0.950. The van der Waals surface area contributed by atoms with Gasteiger partial charge in [0.1, 0.15) is 5.60 Å². The Balaban J connectivity index is 4.40. The smallest absolute Gasteiger partial charge is 0.332 e. The highest BCUT2D eigenvalue weighted by atomic mass is 16.7. The van der Waals surface area contributed by atoms with Crippen LogP contribution >= 0.6 is 0 Å². The highest BCUT2D eigenvalue weighted by Crippen LogP contribution is 2.20. The fraction of sp³-hybridized carbons (Fsp3) is 0.727. The molecule has 0 fully saturated rings. The molecule has 0 saturated carbocycles. The number of hydrogen-bond donors (Lipinski definition) is 3. The molecule has 100 valence electrons. The summed E-state index contributed by atoms with van der Waals surface area (Å²) < 4.78 is 10.1. The standard InChI is InChI=1S/C11H20O6/c1-3-10(15)16-9(2)17-11(7-13,8-14)5-4-6-12/h3,9,12-14H,1,4-8H2,2H3. The molecule has 0 aliphatic heterocycles. The van der Waals surface area contributed by atoms with Gasteiger partial charge in [-0.3, -0.25) is 0 Å². The Morgan fingerprint density at radius 3 is 2.41 bits per heavy atom. The molecule has 1 unspecified atom stereocenters. The van der Waals surface area contributed by atoms with Gasteiger partial charge in [-0.15, -0.1) is 0 Å². The van der Waals surface area contributed by atoms with Crippen LogP contribution in [0.1, 0.15) is 19.8 Å². The monoisotopic (exact) mass is 248 g/mol. The largest absolute Gasteiger partial charge is 0.433 e. The van der Waals surface area contributed by atoms with Crippen LogP contribution in [0.4, 0.5) is 0 Å². The number of esters is 1. The van der Waals surface area contributed by atoms with Crippen LogP contribution in [0, 0.1) is 0 Å². The summed E-state index contributed by atoms with van der Waals surface area (Å²) in [5, 5.41) is 27.2. The zero-order valence-electron chi connectivity index (χ0n) is 9.96. The molecule has 0 aromatic rings. The van der Waals surface area contributed by atoms with Crippen LogP contribution in [0.15, 0.2) is 12.7 Å². The lowest BCUT2D eigenvalue weighted by molar-refractivity contribution is -0.223. The third kappa shape index (κ3) is 5.78. The lowest BCUT2D eigenvalue weighted by atomic mass is 9.99. The van der Waals surface area contributed by atoms with E-state index in [1.54, 1.807) is 0 Å². The summed E-state index contributed by atoms with van der Waals surface area (Å²) >= 11 is 0. The molecule has 0 radical (unpaired) electrons. The predicted octanol–water partition coefficient (Wildman–Crippen LogP) is -0.426. The quantitative estimate of drug-likeness (QED) is 0.291. The SMILES string of the molecule is C=CC(=O)OC(C)OC(CO)(CO)CCCO. The van der Waals surface area contributed by atoms with Gasteiger partial charge in [-0.1, -0.05) is 6.58 Å². The molecule has 0 aromatic carbocycles. The van der Waals surface area contributed by atoms with Crippen molar-refractivity contribution in [3.63, 3.8) is 0 Å². The van der Waals surface area contributed by atoms with Crippen LogP contribution in [-0.4, -0.2) is 53.0 Å². The molecule has 1 atom stereocenters. The first kappa shape index (κ1) is 16.1. The Labute approximate surface area is 100 Å². The van der Waals surface area contributed by atoms with Crippen molar-refractivity contribution in [2.24, 2.45) is 0 Å². The number of aliphatic hydroxyl groups excluding tert-OH is 3. The summed E-state index contributed by atoms with van der Waals surface area (Å²) in [4.78, 5) is 10.9. The van der Waals surface area contributed by atoms with E-state index in [-0.39, 0.29) is 13.0 Å². The van der Waals surface area contributed by atoms with Crippen molar-refractivity contribution < 1.29 is 29.6 Å². The Morgan fingerprint density at radius 1 is 1.41 bits per heavy atom. The molecule has 0 aromatic heterocycles. The van der Waals surface area contributed by atoms with Gasteiger partial charge in [0.15, 0.2) is 0 Å². The summed E-state index contributed by atoms with van der Waals surface area (Å²) in [6, 6.07) is 0. The van der Waals surface area contributed by atoms with E-state index < -0.39 is 31.1 Å². The third-order valence-electron chi connectivity index (χ3n) is 2.23. The van der Waals surface area contributed by atoms with Crippen LogP contribution in [0.3, 0.4) is 0 Å². The van der Waals surface area contributed by atoms with Crippen molar-refractivity contribution in [3.8, 4) is 0 Å². The van der Waals surface area contributed by atoms with Crippen LogP contribution in [-0.2, 0) is 14.3 Å². The van der Waals surface area contributed by atoms with E-state index in [0.717, 1.165) is 6.08 Å². The maximum absolute atomic E-state index is 10.9. The molecule has 0 amide bonds. The van der Waals surface area contributed by atoms with Crippen molar-refractivity contribution in [3.05, 3.63) is 12.7 Å². The van der Waals surface area contributed by atoms with Crippen molar-refractivity contribution in [1.82, 2.24) is 0 Å². The van der Waals surface area contributed by atoms with Gasteiger partial charge in [-0.05, 0) is 19.8 Å². The van der Waals surface area contributed by atoms with Gasteiger partial charge in [0.2, 0.25) is 6.29 Å². The van der Waals surface area contributed by atoms with Crippen molar-refractivity contribution in [2.45, 2.75) is 31.7 Å². The van der Waals surface area contributed by atoms with Gasteiger partial charge in [-0.25, -0.2) is 4.79 Å². The minimum atomic E-state index is -1.22. The summed E-state index contributed by atoms with van der Waals surface area (Å²) in [6.07, 6.45) is 0.696. The van der Waals surface area contributed by atoms with Gasteiger partial charge in [0.25, 0.3) is 0 Å². The molecule has 3 N–H and O–H groups in total. The van der Waals surface area contributed by atoms with Crippen LogP contribution in [0.5, 0.6) is 0 Å². The van der Waals surface area contributed by atoms with Gasteiger partial charge in [-0.2, -0.15) is 0 Å². The molecule has 0 bridgehead atoms. The fourth-order valence-electron chi connectivity index (χ4n) is 1.33. The first-order valence-corrected chi connectivity index (χ1v) is 5.37. The highest BCUT2D eigenvalue weighted by Gasteiger charge is 2.32. The number of aliphatic hydroxyl groups is 3. The number of rotatable bonds is 9. The predicted molar refractivity (Wildman–Crippen MR) is 60.1 cm³/mol. The molecular formula is C11H20O6. The number of hydrogen-bond acceptors (Lipinski definition) is 6. The Morgan fingerprint density at radius 2 is 2.00 bits per heavy atom. The Kier molecular flexibility index (Phi) is 7.73. The minimum Gasteiger partial charge on any atom is -0.433 e. The topological polar surface area (TPSA) is 96.2 Å². The normalized spacial score (nSPS) is 13.2.